The highest BCUT2D eigenvalue weighted by Crippen LogP contribution is 2.07. The molecule has 0 aliphatic rings. The molecule has 0 aromatic carbocycles. The van der Waals surface area contributed by atoms with Crippen molar-refractivity contribution in [3.63, 3.8) is 0 Å². The molecule has 0 spiro atoms. The summed E-state index contributed by atoms with van der Waals surface area (Å²) in [4.78, 5) is 5.35. The van der Waals surface area contributed by atoms with E-state index < -0.39 is 0 Å². The molecule has 0 aliphatic heterocycles. The first kappa shape index (κ1) is 7.92. The van der Waals surface area contributed by atoms with Crippen molar-refractivity contribution >= 4 is 23.7 Å². The molecule has 8 heavy (non-hydrogen) atoms. The molecule has 1 nitrogen and oxygen atoms in total. The number of hydrogen-bond donors (Lipinski definition) is 0. The van der Waals surface area contributed by atoms with Gasteiger partial charge >= 0.3 is 0 Å². The molecular formula is C5H8ClNS. The van der Waals surface area contributed by atoms with Crippen LogP contribution in [0.5, 0.6) is 0 Å². The van der Waals surface area contributed by atoms with Crippen LogP contribution in [0.4, 0.5) is 0 Å². The van der Waals surface area contributed by atoms with E-state index in [-0.39, 0.29) is 12.4 Å². The lowest BCUT2D eigenvalue weighted by Crippen LogP contribution is -1.68. The van der Waals surface area contributed by atoms with Crippen molar-refractivity contribution in [2.75, 3.05) is 0 Å². The molecule has 1 aromatic heterocycles. The van der Waals surface area contributed by atoms with Crippen LogP contribution < -0.4 is 0 Å². The fourth-order valence-corrected chi connectivity index (χ4v) is 0.953. The number of halogens is 1. The third kappa shape index (κ3) is 1.46. The molecule has 0 aliphatic carbocycles. The van der Waals surface area contributed by atoms with Crippen molar-refractivity contribution in [1.29, 1.82) is 0 Å². The van der Waals surface area contributed by atoms with Gasteiger partial charge in [0.05, 0.1) is 11.2 Å². The first-order valence-corrected chi connectivity index (χ1v) is 3.05. The molecule has 1 aromatic rings. The van der Waals surface area contributed by atoms with Crippen molar-refractivity contribution in [3.05, 3.63) is 16.1 Å². The Morgan fingerprint density at radius 3 is 2.25 bits per heavy atom. The van der Waals surface area contributed by atoms with Crippen molar-refractivity contribution in [3.8, 4) is 0 Å². The van der Waals surface area contributed by atoms with Crippen molar-refractivity contribution in [1.82, 2.24) is 4.98 Å². The lowest BCUT2D eigenvalue weighted by Gasteiger charge is -1.77. The molecule has 0 unspecified atom stereocenters. The van der Waals surface area contributed by atoms with Gasteiger partial charge in [-0.15, -0.1) is 23.7 Å². The van der Waals surface area contributed by atoms with Crippen LogP contribution in [0.2, 0.25) is 0 Å². The van der Waals surface area contributed by atoms with Crippen molar-refractivity contribution in [2.24, 2.45) is 0 Å². The predicted octanol–water partition coefficient (Wildman–Crippen LogP) is 2.18. The van der Waals surface area contributed by atoms with E-state index in [0.29, 0.717) is 0 Å². The van der Waals surface area contributed by atoms with Gasteiger partial charge in [0.15, 0.2) is 0 Å². The van der Waals surface area contributed by atoms with Crippen LogP contribution in [0, 0.1) is 13.8 Å². The Bertz CT molecular complexity index is 145. The van der Waals surface area contributed by atoms with E-state index in [1.54, 1.807) is 11.3 Å². The summed E-state index contributed by atoms with van der Waals surface area (Å²) >= 11 is 1.69. The van der Waals surface area contributed by atoms with Crippen molar-refractivity contribution < 1.29 is 0 Å². The van der Waals surface area contributed by atoms with Crippen LogP contribution in [-0.4, -0.2) is 4.98 Å². The van der Waals surface area contributed by atoms with Crippen LogP contribution in [0.25, 0.3) is 0 Å². The minimum Gasteiger partial charge on any atom is -0.250 e. The van der Waals surface area contributed by atoms with Gasteiger partial charge in [-0.3, -0.25) is 0 Å². The number of nitrogens with zero attached hydrogens (tertiary/aromatic N) is 1. The highest BCUT2D eigenvalue weighted by atomic mass is 35.5. The standard InChI is InChI=1S/C5H7NS.ClH/c1-4-5(2)7-3-6-4;/h3H,1-2H3;1H. The second kappa shape index (κ2) is 3.05. The highest BCUT2D eigenvalue weighted by molar-refractivity contribution is 7.09. The zero-order chi connectivity index (χ0) is 5.28. The smallest absolute Gasteiger partial charge is 0.0797 e. The van der Waals surface area contributed by atoms with Crippen LogP contribution in [0.1, 0.15) is 10.6 Å². The summed E-state index contributed by atoms with van der Waals surface area (Å²) < 4.78 is 0. The zero-order valence-corrected chi connectivity index (χ0v) is 6.47. The molecule has 0 atom stereocenters. The molecule has 0 radical (unpaired) electrons. The van der Waals surface area contributed by atoms with E-state index >= 15 is 0 Å². The second-order valence-corrected chi connectivity index (χ2v) is 2.55. The maximum absolute atomic E-state index is 4.03. The van der Waals surface area contributed by atoms with Gasteiger partial charge in [-0.2, -0.15) is 0 Å². The summed E-state index contributed by atoms with van der Waals surface area (Å²) in [7, 11) is 0. The minimum absolute atomic E-state index is 0. The molecule has 1 rings (SSSR count). The number of rotatable bonds is 0. The van der Waals surface area contributed by atoms with Gasteiger partial charge in [-0.1, -0.05) is 0 Å². The SMILES string of the molecule is Cc1ncsc1C.Cl. The van der Waals surface area contributed by atoms with E-state index in [1.807, 2.05) is 12.4 Å². The van der Waals surface area contributed by atoms with Gasteiger partial charge in [-0.05, 0) is 13.8 Å². The predicted molar refractivity (Wildman–Crippen MR) is 38.8 cm³/mol. The van der Waals surface area contributed by atoms with Crippen LogP contribution in [-0.2, 0) is 0 Å². The molecule has 46 valence electrons. The first-order valence-electron chi connectivity index (χ1n) is 2.17. The largest absolute Gasteiger partial charge is 0.250 e. The van der Waals surface area contributed by atoms with E-state index in [2.05, 4.69) is 11.9 Å². The fourth-order valence-electron chi connectivity index (χ4n) is 0.361. The Labute approximate surface area is 59.2 Å². The fraction of sp³-hybridized carbons (Fsp3) is 0.400. The van der Waals surface area contributed by atoms with E-state index in [1.165, 1.54) is 4.88 Å². The lowest BCUT2D eigenvalue weighted by atomic mass is 10.4. The average Bonchev–Trinajstić information content (AvgIpc) is 1.91. The van der Waals surface area contributed by atoms with Crippen LogP contribution in [0.15, 0.2) is 5.51 Å². The molecule has 0 fully saturated rings. The van der Waals surface area contributed by atoms with Gasteiger partial charge in [0.2, 0.25) is 0 Å². The Balaban J connectivity index is 0.000000490. The number of aromatic nitrogens is 1. The van der Waals surface area contributed by atoms with E-state index in [9.17, 15) is 0 Å². The lowest BCUT2D eigenvalue weighted by molar-refractivity contribution is 1.23. The minimum atomic E-state index is 0. The third-order valence-corrected chi connectivity index (χ3v) is 1.85. The second-order valence-electron chi connectivity index (χ2n) is 1.49. The Hall–Kier alpha value is -0.0800. The monoisotopic (exact) mass is 149 g/mol. The normalized spacial score (nSPS) is 8.25. The van der Waals surface area contributed by atoms with Gasteiger partial charge in [0.1, 0.15) is 0 Å². The summed E-state index contributed by atoms with van der Waals surface area (Å²) in [6.07, 6.45) is 0. The van der Waals surface area contributed by atoms with Gasteiger partial charge in [-0.25, -0.2) is 4.98 Å². The summed E-state index contributed by atoms with van der Waals surface area (Å²) in [5.74, 6) is 0. The topological polar surface area (TPSA) is 12.9 Å². The van der Waals surface area contributed by atoms with Crippen LogP contribution in [0.3, 0.4) is 0 Å². The van der Waals surface area contributed by atoms with E-state index in [4.69, 9.17) is 0 Å². The zero-order valence-electron chi connectivity index (χ0n) is 4.84. The molecule has 0 amide bonds. The first-order chi connectivity index (χ1) is 3.30. The van der Waals surface area contributed by atoms with E-state index in [0.717, 1.165) is 5.69 Å². The average molecular weight is 150 g/mol. The summed E-state index contributed by atoms with van der Waals surface area (Å²) in [6, 6.07) is 0. The van der Waals surface area contributed by atoms with Gasteiger partial charge < -0.3 is 0 Å². The Morgan fingerprint density at radius 1 is 1.50 bits per heavy atom. The molecule has 0 N–H and O–H groups in total. The summed E-state index contributed by atoms with van der Waals surface area (Å²) in [6.45, 7) is 4.10. The maximum atomic E-state index is 4.03. The highest BCUT2D eigenvalue weighted by Gasteiger charge is 1.88. The van der Waals surface area contributed by atoms with Gasteiger partial charge in [0.25, 0.3) is 0 Å². The molecule has 1 heterocycles. The molecular weight excluding hydrogens is 142 g/mol. The van der Waals surface area contributed by atoms with Gasteiger partial charge in [0, 0.05) is 4.88 Å². The third-order valence-electron chi connectivity index (χ3n) is 0.985. The quantitative estimate of drug-likeness (QED) is 0.551. The number of hydrogen-bond acceptors (Lipinski definition) is 2. The summed E-state index contributed by atoms with van der Waals surface area (Å²) in [5, 5.41) is 0. The number of aryl methyl sites for hydroxylation is 2. The Kier molecular flexibility index (Phi) is 3.02. The Morgan fingerprint density at radius 2 is 2.12 bits per heavy atom. The summed E-state index contributed by atoms with van der Waals surface area (Å²) in [5.41, 5.74) is 3.02. The maximum Gasteiger partial charge on any atom is 0.0797 e. The molecule has 0 bridgehead atoms. The van der Waals surface area contributed by atoms with Crippen molar-refractivity contribution in [2.45, 2.75) is 13.8 Å². The van der Waals surface area contributed by atoms with Crippen LogP contribution >= 0.6 is 23.7 Å². The molecule has 0 saturated carbocycles. The number of thiazole rings is 1. The molecule has 0 saturated heterocycles. The molecule has 3 heteroatoms.